The number of furan rings is 1. The van der Waals surface area contributed by atoms with Gasteiger partial charge < -0.3 is 9.52 Å². The molecule has 0 fully saturated rings. The predicted molar refractivity (Wildman–Crippen MR) is 54.0 cm³/mol. The molecular weight excluding hydrogens is 234 g/mol. The number of H-pyrrole nitrogens is 1. The molecule has 0 aliphatic rings. The maximum Gasteiger partial charge on any atom is 0.295 e. The molecule has 2 aromatic heterocycles. The highest BCUT2D eigenvalue weighted by Crippen LogP contribution is 2.17. The van der Waals surface area contributed by atoms with Gasteiger partial charge in [0.05, 0.1) is 11.9 Å². The van der Waals surface area contributed by atoms with Gasteiger partial charge in [0.25, 0.3) is 10.0 Å². The third kappa shape index (κ3) is 2.07. The summed E-state index contributed by atoms with van der Waals surface area (Å²) in [7, 11) is -3.76. The first-order valence-corrected chi connectivity index (χ1v) is 5.81. The molecular formula is C8H9N3O4S. The molecule has 0 aliphatic heterocycles. The second kappa shape index (κ2) is 3.99. The highest BCUT2D eigenvalue weighted by molar-refractivity contribution is 7.92. The van der Waals surface area contributed by atoms with E-state index < -0.39 is 10.0 Å². The molecule has 0 radical (unpaired) electrons. The number of hydrogen-bond donors (Lipinski definition) is 3. The van der Waals surface area contributed by atoms with Crippen molar-refractivity contribution in [3.05, 3.63) is 30.3 Å². The van der Waals surface area contributed by atoms with Gasteiger partial charge in [-0.25, -0.2) is 0 Å². The number of anilines is 1. The van der Waals surface area contributed by atoms with Crippen molar-refractivity contribution in [1.29, 1.82) is 0 Å². The van der Waals surface area contributed by atoms with Crippen molar-refractivity contribution >= 4 is 15.7 Å². The van der Waals surface area contributed by atoms with Crippen LogP contribution in [-0.4, -0.2) is 23.7 Å². The van der Waals surface area contributed by atoms with Gasteiger partial charge in [-0.1, -0.05) is 0 Å². The number of aliphatic hydroxyl groups excluding tert-OH is 1. The average molecular weight is 243 g/mol. The first-order valence-electron chi connectivity index (χ1n) is 4.33. The summed E-state index contributed by atoms with van der Waals surface area (Å²) in [4.78, 5) is 0. The van der Waals surface area contributed by atoms with Crippen molar-refractivity contribution in [3.63, 3.8) is 0 Å². The Morgan fingerprint density at radius 1 is 1.50 bits per heavy atom. The number of rotatable bonds is 4. The lowest BCUT2D eigenvalue weighted by atomic mass is 10.5. The summed E-state index contributed by atoms with van der Waals surface area (Å²) in [5.74, 6) is 0.188. The average Bonchev–Trinajstić information content (AvgIpc) is 2.85. The van der Waals surface area contributed by atoms with Crippen LogP contribution >= 0.6 is 0 Å². The Balaban J connectivity index is 2.25. The van der Waals surface area contributed by atoms with Crippen molar-refractivity contribution in [3.8, 4) is 0 Å². The van der Waals surface area contributed by atoms with Gasteiger partial charge in [-0.3, -0.25) is 9.82 Å². The molecule has 0 saturated carbocycles. The maximum absolute atomic E-state index is 11.7. The van der Waals surface area contributed by atoms with E-state index in [1.54, 1.807) is 0 Å². The van der Waals surface area contributed by atoms with Crippen LogP contribution in [-0.2, 0) is 16.6 Å². The van der Waals surface area contributed by atoms with E-state index in [0.717, 1.165) is 0 Å². The summed E-state index contributed by atoms with van der Waals surface area (Å²) in [5.41, 5.74) is 0.307. The molecule has 0 aromatic carbocycles. The van der Waals surface area contributed by atoms with Gasteiger partial charge in [0.1, 0.15) is 12.4 Å². The molecule has 0 spiro atoms. The lowest BCUT2D eigenvalue weighted by Gasteiger charge is -2.01. The van der Waals surface area contributed by atoms with Crippen LogP contribution in [0.4, 0.5) is 5.69 Å². The normalized spacial score (nSPS) is 11.6. The molecule has 0 saturated heterocycles. The van der Waals surface area contributed by atoms with Gasteiger partial charge in [-0.05, 0) is 12.1 Å². The smallest absolute Gasteiger partial charge is 0.295 e. The summed E-state index contributed by atoms with van der Waals surface area (Å²) in [6.07, 6.45) is 2.72. The van der Waals surface area contributed by atoms with E-state index in [2.05, 4.69) is 14.9 Å². The molecule has 0 aliphatic carbocycles. The fourth-order valence-electron chi connectivity index (χ4n) is 1.10. The fraction of sp³-hybridized carbons (Fsp3) is 0.125. The minimum absolute atomic E-state index is 0.188. The van der Waals surface area contributed by atoms with Gasteiger partial charge in [0.2, 0.25) is 5.09 Å². The molecule has 7 nitrogen and oxygen atoms in total. The first kappa shape index (κ1) is 10.7. The van der Waals surface area contributed by atoms with Crippen LogP contribution in [0.15, 0.2) is 34.0 Å². The minimum Gasteiger partial charge on any atom is -0.445 e. The number of hydrogen-bond acceptors (Lipinski definition) is 5. The summed E-state index contributed by atoms with van der Waals surface area (Å²) in [6, 6.07) is 2.66. The second-order valence-corrected chi connectivity index (χ2v) is 4.58. The zero-order valence-corrected chi connectivity index (χ0v) is 8.86. The summed E-state index contributed by atoms with van der Waals surface area (Å²) < 4.78 is 30.6. The standard InChI is InChI=1S/C8H9N3O4S/c12-5-7-1-2-8(15-7)16(13,14)11-6-3-9-10-4-6/h1-4,11-12H,5H2,(H,9,10). The van der Waals surface area contributed by atoms with Crippen LogP contribution < -0.4 is 4.72 Å². The number of aliphatic hydroxyl groups is 1. The molecule has 16 heavy (non-hydrogen) atoms. The Hall–Kier alpha value is -1.80. The molecule has 86 valence electrons. The Bertz CT molecular complexity index is 558. The Kier molecular flexibility index (Phi) is 2.67. The van der Waals surface area contributed by atoms with Crippen molar-refractivity contribution in [2.45, 2.75) is 11.7 Å². The molecule has 8 heteroatoms. The molecule has 3 N–H and O–H groups in total. The maximum atomic E-state index is 11.7. The van der Waals surface area contributed by atoms with Crippen LogP contribution in [0.2, 0.25) is 0 Å². The summed E-state index contributed by atoms with van der Waals surface area (Å²) >= 11 is 0. The van der Waals surface area contributed by atoms with Crippen LogP contribution in [0.1, 0.15) is 5.76 Å². The van der Waals surface area contributed by atoms with Crippen LogP contribution in [0.3, 0.4) is 0 Å². The van der Waals surface area contributed by atoms with Gasteiger partial charge in [0.15, 0.2) is 0 Å². The Morgan fingerprint density at radius 3 is 2.88 bits per heavy atom. The third-order valence-electron chi connectivity index (χ3n) is 1.81. The van der Waals surface area contributed by atoms with E-state index >= 15 is 0 Å². The monoisotopic (exact) mass is 243 g/mol. The topological polar surface area (TPSA) is 108 Å². The van der Waals surface area contributed by atoms with E-state index in [4.69, 9.17) is 9.52 Å². The number of nitrogens with zero attached hydrogens (tertiary/aromatic N) is 1. The third-order valence-corrected chi connectivity index (χ3v) is 3.06. The zero-order valence-electron chi connectivity index (χ0n) is 8.04. The lowest BCUT2D eigenvalue weighted by molar-refractivity contribution is 0.236. The number of aromatic nitrogens is 2. The SMILES string of the molecule is O=S(=O)(Nc1cn[nH]c1)c1ccc(CO)o1. The van der Waals surface area contributed by atoms with Crippen LogP contribution in [0.5, 0.6) is 0 Å². The number of aromatic amines is 1. The van der Waals surface area contributed by atoms with Crippen molar-refractivity contribution in [2.24, 2.45) is 0 Å². The Morgan fingerprint density at radius 2 is 2.31 bits per heavy atom. The molecule has 2 heterocycles. The molecule has 0 unspecified atom stereocenters. The van der Waals surface area contributed by atoms with Crippen LogP contribution in [0.25, 0.3) is 0 Å². The van der Waals surface area contributed by atoms with Gasteiger partial charge >= 0.3 is 0 Å². The van der Waals surface area contributed by atoms with Crippen LogP contribution in [0, 0.1) is 0 Å². The first-order chi connectivity index (χ1) is 7.62. The summed E-state index contributed by atoms with van der Waals surface area (Å²) in [5, 5.41) is 14.6. The van der Waals surface area contributed by atoms with E-state index in [-0.39, 0.29) is 17.5 Å². The summed E-state index contributed by atoms with van der Waals surface area (Å²) in [6.45, 7) is -0.346. The highest BCUT2D eigenvalue weighted by atomic mass is 32.2. The van der Waals surface area contributed by atoms with Gasteiger partial charge in [-0.2, -0.15) is 13.5 Å². The lowest BCUT2D eigenvalue weighted by Crippen LogP contribution is -2.11. The molecule has 0 bridgehead atoms. The quantitative estimate of drug-likeness (QED) is 0.715. The number of nitrogens with one attached hydrogen (secondary N) is 2. The molecule has 2 rings (SSSR count). The van der Waals surface area contributed by atoms with E-state index in [1.807, 2.05) is 0 Å². The van der Waals surface area contributed by atoms with E-state index in [1.165, 1.54) is 24.5 Å². The largest absolute Gasteiger partial charge is 0.445 e. The fourth-order valence-corrected chi connectivity index (χ4v) is 2.09. The zero-order chi connectivity index (χ0) is 11.6. The Labute approximate surface area is 91.1 Å². The molecule has 0 amide bonds. The van der Waals surface area contributed by atoms with Crippen molar-refractivity contribution in [2.75, 3.05) is 4.72 Å². The van der Waals surface area contributed by atoms with Crippen molar-refractivity contribution in [1.82, 2.24) is 10.2 Å². The number of sulfonamides is 1. The minimum atomic E-state index is -3.76. The van der Waals surface area contributed by atoms with E-state index in [9.17, 15) is 8.42 Å². The highest BCUT2D eigenvalue weighted by Gasteiger charge is 2.18. The molecule has 2 aromatic rings. The molecule has 0 atom stereocenters. The van der Waals surface area contributed by atoms with E-state index in [0.29, 0.717) is 5.69 Å². The van der Waals surface area contributed by atoms with Crippen molar-refractivity contribution < 1.29 is 17.9 Å². The van der Waals surface area contributed by atoms with Gasteiger partial charge in [-0.15, -0.1) is 0 Å². The predicted octanol–water partition coefficient (Wildman–Crippen LogP) is 0.296. The van der Waals surface area contributed by atoms with Gasteiger partial charge in [0, 0.05) is 6.20 Å². The second-order valence-electron chi connectivity index (χ2n) is 2.97.